The molecule has 0 aromatic rings. The van der Waals surface area contributed by atoms with Crippen LogP contribution < -0.4 is 0 Å². The molecule has 0 radical (unpaired) electrons. The molecule has 0 spiro atoms. The zero-order valence-corrected chi connectivity index (χ0v) is 11.8. The van der Waals surface area contributed by atoms with Crippen LogP contribution in [0.1, 0.15) is 32.1 Å². The van der Waals surface area contributed by atoms with Crippen LogP contribution in [0.5, 0.6) is 0 Å². The van der Waals surface area contributed by atoms with Crippen LogP contribution in [0.2, 0.25) is 0 Å². The normalized spacial score (nSPS) is 28.4. The fraction of sp³-hybridized carbons (Fsp3) is 0.733. The highest BCUT2D eigenvalue weighted by Crippen LogP contribution is 2.42. The number of hydrogen-bond acceptors (Lipinski definition) is 3. The molecule has 0 aromatic carbocycles. The van der Waals surface area contributed by atoms with Gasteiger partial charge in [0.15, 0.2) is 0 Å². The molecule has 1 amide bonds. The fourth-order valence-electron chi connectivity index (χ4n) is 3.51. The molecule has 3 atom stereocenters. The van der Waals surface area contributed by atoms with E-state index in [4.69, 9.17) is 4.74 Å². The van der Waals surface area contributed by atoms with Gasteiger partial charge in [-0.25, -0.2) is 4.79 Å². The number of aliphatic carboxylic acids is 1. The van der Waals surface area contributed by atoms with E-state index in [2.05, 4.69) is 6.58 Å². The lowest BCUT2D eigenvalue weighted by molar-refractivity contribution is -0.149. The Balaban J connectivity index is 1.85. The van der Waals surface area contributed by atoms with E-state index in [9.17, 15) is 14.7 Å². The average molecular weight is 281 g/mol. The number of rotatable bonds is 7. The van der Waals surface area contributed by atoms with Gasteiger partial charge in [-0.15, -0.1) is 6.58 Å². The van der Waals surface area contributed by atoms with Gasteiger partial charge in [0.05, 0.1) is 6.61 Å². The number of amides is 1. The molecule has 1 heterocycles. The lowest BCUT2D eigenvalue weighted by atomic mass is 9.94. The Morgan fingerprint density at radius 3 is 2.90 bits per heavy atom. The predicted octanol–water partition coefficient (Wildman–Crippen LogP) is 1.68. The summed E-state index contributed by atoms with van der Waals surface area (Å²) in [5, 5.41) is 9.39. The molecule has 1 aliphatic carbocycles. The van der Waals surface area contributed by atoms with Crippen molar-refractivity contribution in [2.45, 2.75) is 38.1 Å². The Bertz CT molecular complexity index is 382. The van der Waals surface area contributed by atoms with Gasteiger partial charge in [-0.3, -0.25) is 4.79 Å². The molecule has 2 aliphatic rings. The lowest BCUT2D eigenvalue weighted by Crippen LogP contribution is -2.43. The molecule has 0 bridgehead atoms. The van der Waals surface area contributed by atoms with Crippen molar-refractivity contribution in [1.82, 2.24) is 4.90 Å². The van der Waals surface area contributed by atoms with Crippen molar-refractivity contribution in [2.24, 2.45) is 11.8 Å². The van der Waals surface area contributed by atoms with Gasteiger partial charge in [0, 0.05) is 19.6 Å². The van der Waals surface area contributed by atoms with Gasteiger partial charge < -0.3 is 14.7 Å². The van der Waals surface area contributed by atoms with Crippen LogP contribution in [-0.4, -0.2) is 47.7 Å². The van der Waals surface area contributed by atoms with Crippen LogP contribution in [0.3, 0.4) is 0 Å². The molecule has 1 aliphatic heterocycles. The number of ether oxygens (including phenoxy) is 1. The highest BCUT2D eigenvalue weighted by atomic mass is 16.5. The van der Waals surface area contributed by atoms with Crippen LogP contribution in [0.15, 0.2) is 12.7 Å². The quantitative estimate of drug-likeness (QED) is 0.569. The summed E-state index contributed by atoms with van der Waals surface area (Å²) in [6.07, 6.45) is 5.75. The van der Waals surface area contributed by atoms with Crippen molar-refractivity contribution in [3.05, 3.63) is 12.7 Å². The number of carbonyl (C=O) groups is 2. The fourth-order valence-corrected chi connectivity index (χ4v) is 3.51. The summed E-state index contributed by atoms with van der Waals surface area (Å²) < 4.78 is 5.24. The zero-order valence-electron chi connectivity index (χ0n) is 11.8. The second kappa shape index (κ2) is 6.88. The molecule has 20 heavy (non-hydrogen) atoms. The Hall–Kier alpha value is -1.36. The van der Waals surface area contributed by atoms with Crippen LogP contribution in [0.25, 0.3) is 0 Å². The summed E-state index contributed by atoms with van der Waals surface area (Å²) in [4.78, 5) is 25.2. The van der Waals surface area contributed by atoms with E-state index < -0.39 is 12.0 Å². The lowest BCUT2D eigenvalue weighted by Gasteiger charge is -2.24. The van der Waals surface area contributed by atoms with Gasteiger partial charge in [0.25, 0.3) is 0 Å². The SMILES string of the molecule is C=CCOCCCC(=O)N1CC2CCCC2C1C(=O)O. The van der Waals surface area contributed by atoms with Crippen LogP contribution in [-0.2, 0) is 14.3 Å². The van der Waals surface area contributed by atoms with Crippen molar-refractivity contribution in [3.8, 4) is 0 Å². The van der Waals surface area contributed by atoms with E-state index in [1.165, 1.54) is 0 Å². The van der Waals surface area contributed by atoms with Gasteiger partial charge in [-0.2, -0.15) is 0 Å². The van der Waals surface area contributed by atoms with Crippen LogP contribution >= 0.6 is 0 Å². The first-order valence-electron chi connectivity index (χ1n) is 7.36. The number of nitrogens with zero attached hydrogens (tertiary/aromatic N) is 1. The summed E-state index contributed by atoms with van der Waals surface area (Å²) in [6, 6.07) is -0.607. The molecule has 2 rings (SSSR count). The molecule has 1 saturated carbocycles. The second-order valence-corrected chi connectivity index (χ2v) is 5.65. The van der Waals surface area contributed by atoms with Crippen molar-refractivity contribution in [1.29, 1.82) is 0 Å². The minimum absolute atomic E-state index is 0.0472. The third-order valence-electron chi connectivity index (χ3n) is 4.38. The van der Waals surface area contributed by atoms with Crippen molar-refractivity contribution < 1.29 is 19.4 Å². The van der Waals surface area contributed by atoms with Gasteiger partial charge in [0.1, 0.15) is 6.04 Å². The molecule has 1 saturated heterocycles. The predicted molar refractivity (Wildman–Crippen MR) is 74.2 cm³/mol. The maximum atomic E-state index is 12.2. The highest BCUT2D eigenvalue weighted by molar-refractivity contribution is 5.84. The molecule has 2 fully saturated rings. The third-order valence-corrected chi connectivity index (χ3v) is 4.38. The van der Waals surface area contributed by atoms with Gasteiger partial charge in [-0.05, 0) is 31.1 Å². The first kappa shape index (κ1) is 15.0. The largest absolute Gasteiger partial charge is 0.480 e. The van der Waals surface area contributed by atoms with E-state index in [0.717, 1.165) is 19.3 Å². The summed E-state index contributed by atoms with van der Waals surface area (Å²) in [5.74, 6) is -0.352. The molecule has 5 heteroatoms. The van der Waals surface area contributed by atoms with E-state index in [0.29, 0.717) is 38.5 Å². The number of carbonyl (C=O) groups excluding carboxylic acids is 1. The van der Waals surface area contributed by atoms with Crippen molar-refractivity contribution in [2.75, 3.05) is 19.8 Å². The van der Waals surface area contributed by atoms with Crippen molar-refractivity contribution in [3.63, 3.8) is 0 Å². The summed E-state index contributed by atoms with van der Waals surface area (Å²) >= 11 is 0. The summed E-state index contributed by atoms with van der Waals surface area (Å²) in [6.45, 7) is 5.17. The highest BCUT2D eigenvalue weighted by Gasteiger charge is 2.49. The molecule has 1 N–H and O–H groups in total. The number of likely N-dealkylation sites (tertiary alicyclic amines) is 1. The average Bonchev–Trinajstić information content (AvgIpc) is 2.97. The Labute approximate surface area is 119 Å². The van der Waals surface area contributed by atoms with E-state index in [-0.39, 0.29) is 11.8 Å². The molecule has 3 unspecified atom stereocenters. The number of carboxylic acid groups (broad SMARTS) is 1. The molecular formula is C15H23NO4. The number of fused-ring (bicyclic) bond motifs is 1. The van der Waals surface area contributed by atoms with Crippen LogP contribution in [0, 0.1) is 11.8 Å². The maximum Gasteiger partial charge on any atom is 0.326 e. The van der Waals surface area contributed by atoms with Crippen LogP contribution in [0.4, 0.5) is 0 Å². The maximum absolute atomic E-state index is 12.2. The first-order valence-corrected chi connectivity index (χ1v) is 7.36. The second-order valence-electron chi connectivity index (χ2n) is 5.65. The minimum atomic E-state index is -0.851. The molecule has 112 valence electrons. The topological polar surface area (TPSA) is 66.8 Å². The van der Waals surface area contributed by atoms with Crippen molar-refractivity contribution >= 4 is 11.9 Å². The smallest absolute Gasteiger partial charge is 0.326 e. The molecule has 5 nitrogen and oxygen atoms in total. The summed E-state index contributed by atoms with van der Waals surface area (Å²) in [5.41, 5.74) is 0. The Morgan fingerprint density at radius 2 is 2.20 bits per heavy atom. The van der Waals surface area contributed by atoms with E-state index in [1.54, 1.807) is 11.0 Å². The molecular weight excluding hydrogens is 258 g/mol. The zero-order chi connectivity index (χ0) is 14.5. The molecule has 0 aromatic heterocycles. The van der Waals surface area contributed by atoms with E-state index in [1.807, 2.05) is 0 Å². The monoisotopic (exact) mass is 281 g/mol. The number of hydrogen-bond donors (Lipinski definition) is 1. The van der Waals surface area contributed by atoms with Gasteiger partial charge in [-0.1, -0.05) is 12.5 Å². The number of carboxylic acids is 1. The standard InChI is InChI=1S/C15H23NO4/c1-2-8-20-9-4-7-13(17)16-10-11-5-3-6-12(11)14(16)15(18)19/h2,11-12,14H,1,3-10H2,(H,18,19). The van der Waals surface area contributed by atoms with Gasteiger partial charge >= 0.3 is 5.97 Å². The Kier molecular flexibility index (Phi) is 5.17. The van der Waals surface area contributed by atoms with E-state index >= 15 is 0 Å². The summed E-state index contributed by atoms with van der Waals surface area (Å²) in [7, 11) is 0. The third kappa shape index (κ3) is 3.20. The Morgan fingerprint density at radius 1 is 1.40 bits per heavy atom. The first-order chi connectivity index (χ1) is 9.65. The minimum Gasteiger partial charge on any atom is -0.480 e. The van der Waals surface area contributed by atoms with Gasteiger partial charge in [0.2, 0.25) is 5.91 Å².